The number of rotatable bonds is 5. The molecule has 1 amide bonds. The Bertz CT molecular complexity index is 745. The topological polar surface area (TPSA) is 65.4 Å². The van der Waals surface area contributed by atoms with E-state index in [-0.39, 0.29) is 11.8 Å². The zero-order chi connectivity index (χ0) is 17.1. The van der Waals surface area contributed by atoms with Crippen LogP contribution in [0.4, 0.5) is 0 Å². The van der Waals surface area contributed by atoms with Gasteiger partial charge in [0.15, 0.2) is 5.16 Å². The smallest absolute Gasteiger partial charge is 0.227 e. The number of carbonyl (C=O) groups is 1. The van der Waals surface area contributed by atoms with Gasteiger partial charge in [0.2, 0.25) is 5.91 Å². The Balaban J connectivity index is 1.62. The quantitative estimate of drug-likeness (QED) is 0.838. The highest BCUT2D eigenvalue weighted by atomic mass is 32.2. The zero-order valence-corrected chi connectivity index (χ0v) is 14.9. The molecule has 0 saturated heterocycles. The van der Waals surface area contributed by atoms with Crippen molar-refractivity contribution in [1.29, 1.82) is 0 Å². The van der Waals surface area contributed by atoms with E-state index in [9.17, 15) is 4.79 Å². The van der Waals surface area contributed by atoms with E-state index in [0.717, 1.165) is 27.9 Å². The van der Waals surface area contributed by atoms with Gasteiger partial charge in [-0.05, 0) is 36.4 Å². The summed E-state index contributed by atoms with van der Waals surface area (Å²) in [6.07, 6.45) is 4.43. The number of carbonyl (C=O) groups excluding carboxylic acids is 1. The van der Waals surface area contributed by atoms with Crippen molar-refractivity contribution in [2.24, 2.45) is 13.0 Å². The molecule has 3 rings (SSSR count). The van der Waals surface area contributed by atoms with Crippen LogP contribution >= 0.6 is 11.8 Å². The lowest BCUT2D eigenvalue weighted by atomic mass is 9.96. The van der Waals surface area contributed by atoms with E-state index >= 15 is 0 Å². The summed E-state index contributed by atoms with van der Waals surface area (Å²) in [5.41, 5.74) is 1.98. The predicted molar refractivity (Wildman–Crippen MR) is 92.5 cm³/mol. The molecule has 1 aromatic carbocycles. The van der Waals surface area contributed by atoms with Crippen LogP contribution < -0.4 is 14.8 Å². The average Bonchev–Trinajstić information content (AvgIpc) is 2.98. The first-order chi connectivity index (χ1) is 11.6. The standard InChI is InChI=1S/C17H21N3O3S/c1-20-13(9-19-17(20)24-3)8-18-16(21)12-6-11-7-14(22-2)4-5-15(11)23-10-12/h4-5,7,9,12H,6,8,10H2,1-3H3,(H,18,21). The second-order valence-electron chi connectivity index (χ2n) is 5.70. The Morgan fingerprint density at radius 3 is 3.08 bits per heavy atom. The number of hydrogen-bond donors (Lipinski definition) is 1. The van der Waals surface area contributed by atoms with Crippen molar-refractivity contribution < 1.29 is 14.3 Å². The van der Waals surface area contributed by atoms with E-state index < -0.39 is 0 Å². The summed E-state index contributed by atoms with van der Waals surface area (Å²) in [6.45, 7) is 0.858. The van der Waals surface area contributed by atoms with Gasteiger partial charge in [-0.15, -0.1) is 0 Å². The molecule has 1 N–H and O–H groups in total. The van der Waals surface area contributed by atoms with Crippen LogP contribution in [0.5, 0.6) is 11.5 Å². The zero-order valence-electron chi connectivity index (χ0n) is 14.0. The number of methoxy groups -OCH3 is 1. The highest BCUT2D eigenvalue weighted by Crippen LogP contribution is 2.30. The van der Waals surface area contributed by atoms with Crippen LogP contribution in [0, 0.1) is 5.92 Å². The number of aromatic nitrogens is 2. The number of fused-ring (bicyclic) bond motifs is 1. The first-order valence-electron chi connectivity index (χ1n) is 7.74. The maximum atomic E-state index is 12.5. The van der Waals surface area contributed by atoms with E-state index in [0.29, 0.717) is 19.6 Å². The minimum absolute atomic E-state index is 0.00429. The number of thioether (sulfide) groups is 1. The molecule has 2 aromatic rings. The lowest BCUT2D eigenvalue weighted by Gasteiger charge is -2.25. The van der Waals surface area contributed by atoms with Gasteiger partial charge in [-0.25, -0.2) is 4.98 Å². The largest absolute Gasteiger partial charge is 0.497 e. The second-order valence-corrected chi connectivity index (χ2v) is 6.47. The Morgan fingerprint density at radius 1 is 1.54 bits per heavy atom. The summed E-state index contributed by atoms with van der Waals surface area (Å²) in [5.74, 6) is 1.40. The first kappa shape index (κ1) is 16.7. The van der Waals surface area contributed by atoms with Crippen LogP contribution in [0.25, 0.3) is 0 Å². The van der Waals surface area contributed by atoms with E-state index in [1.165, 1.54) is 0 Å². The number of nitrogens with one attached hydrogen (secondary N) is 1. The molecule has 1 aliphatic rings. The summed E-state index contributed by atoms with van der Waals surface area (Å²) in [4.78, 5) is 16.8. The number of amides is 1. The van der Waals surface area contributed by atoms with Crippen LogP contribution in [-0.2, 0) is 24.8 Å². The highest BCUT2D eigenvalue weighted by Gasteiger charge is 2.26. The molecule has 1 unspecified atom stereocenters. The van der Waals surface area contributed by atoms with E-state index in [2.05, 4.69) is 10.3 Å². The van der Waals surface area contributed by atoms with Crippen molar-refractivity contribution in [2.75, 3.05) is 20.0 Å². The van der Waals surface area contributed by atoms with Gasteiger partial charge in [-0.1, -0.05) is 11.8 Å². The number of nitrogens with zero attached hydrogens (tertiary/aromatic N) is 2. The Morgan fingerprint density at radius 2 is 2.38 bits per heavy atom. The van der Waals surface area contributed by atoms with Gasteiger partial charge >= 0.3 is 0 Å². The summed E-state index contributed by atoms with van der Waals surface area (Å²) in [6, 6.07) is 5.69. The maximum absolute atomic E-state index is 12.5. The van der Waals surface area contributed by atoms with E-state index in [1.807, 2.05) is 36.1 Å². The van der Waals surface area contributed by atoms with Crippen molar-refractivity contribution in [3.05, 3.63) is 35.7 Å². The fraction of sp³-hybridized carbons (Fsp3) is 0.412. The van der Waals surface area contributed by atoms with Crippen molar-refractivity contribution in [2.45, 2.75) is 18.1 Å². The summed E-state index contributed by atoms with van der Waals surface area (Å²) >= 11 is 1.58. The maximum Gasteiger partial charge on any atom is 0.227 e. The molecule has 128 valence electrons. The van der Waals surface area contributed by atoms with E-state index in [1.54, 1.807) is 25.1 Å². The van der Waals surface area contributed by atoms with Crippen molar-refractivity contribution in [1.82, 2.24) is 14.9 Å². The fourth-order valence-electron chi connectivity index (χ4n) is 2.77. The number of hydrogen-bond acceptors (Lipinski definition) is 5. The SMILES string of the molecule is COc1ccc2c(c1)CC(C(=O)NCc1cnc(SC)n1C)CO2. The lowest BCUT2D eigenvalue weighted by molar-refractivity contribution is -0.126. The molecule has 0 radical (unpaired) electrons. The van der Waals surface area contributed by atoms with Crippen LogP contribution in [0.3, 0.4) is 0 Å². The molecule has 2 heterocycles. The van der Waals surface area contributed by atoms with Crippen molar-refractivity contribution in [3.63, 3.8) is 0 Å². The van der Waals surface area contributed by atoms with Gasteiger partial charge in [-0.3, -0.25) is 4.79 Å². The van der Waals surface area contributed by atoms with Crippen molar-refractivity contribution in [3.8, 4) is 11.5 Å². The molecule has 0 spiro atoms. The van der Waals surface area contributed by atoms with Crippen LogP contribution in [0.15, 0.2) is 29.6 Å². The molecule has 1 atom stereocenters. The minimum atomic E-state index is -0.196. The Labute approximate surface area is 145 Å². The molecular formula is C17H21N3O3S. The number of benzene rings is 1. The van der Waals surface area contributed by atoms with Gasteiger partial charge in [-0.2, -0.15) is 0 Å². The molecule has 0 fully saturated rings. The summed E-state index contributed by atoms with van der Waals surface area (Å²) in [5, 5.41) is 3.92. The molecule has 6 nitrogen and oxygen atoms in total. The fourth-order valence-corrected chi connectivity index (χ4v) is 3.32. The molecule has 0 bridgehead atoms. The highest BCUT2D eigenvalue weighted by molar-refractivity contribution is 7.98. The van der Waals surface area contributed by atoms with Crippen LogP contribution in [-0.4, -0.2) is 35.4 Å². The normalized spacial score (nSPS) is 16.2. The minimum Gasteiger partial charge on any atom is -0.497 e. The van der Waals surface area contributed by atoms with Gasteiger partial charge in [0.1, 0.15) is 18.1 Å². The third kappa shape index (κ3) is 3.36. The van der Waals surface area contributed by atoms with Crippen molar-refractivity contribution >= 4 is 17.7 Å². The number of ether oxygens (including phenoxy) is 2. The van der Waals surface area contributed by atoms with Gasteiger partial charge in [0.05, 0.1) is 31.5 Å². The Hall–Kier alpha value is -2.15. The predicted octanol–water partition coefficient (Wildman–Crippen LogP) is 2.02. The molecule has 1 aromatic heterocycles. The first-order valence-corrected chi connectivity index (χ1v) is 8.97. The molecule has 7 heteroatoms. The van der Waals surface area contributed by atoms with E-state index in [4.69, 9.17) is 9.47 Å². The monoisotopic (exact) mass is 347 g/mol. The van der Waals surface area contributed by atoms with Gasteiger partial charge < -0.3 is 19.4 Å². The molecule has 0 saturated carbocycles. The summed E-state index contributed by atoms with van der Waals surface area (Å²) in [7, 11) is 3.58. The molecule has 1 aliphatic heterocycles. The average molecular weight is 347 g/mol. The molecule has 24 heavy (non-hydrogen) atoms. The summed E-state index contributed by atoms with van der Waals surface area (Å²) < 4.78 is 12.9. The molecular weight excluding hydrogens is 326 g/mol. The number of imidazole rings is 1. The third-order valence-electron chi connectivity index (χ3n) is 4.21. The van der Waals surface area contributed by atoms with Crippen LogP contribution in [0.2, 0.25) is 0 Å². The lowest BCUT2D eigenvalue weighted by Crippen LogP contribution is -2.37. The second kappa shape index (κ2) is 7.17. The Kier molecular flexibility index (Phi) is 4.99. The van der Waals surface area contributed by atoms with Crippen LogP contribution in [0.1, 0.15) is 11.3 Å². The van der Waals surface area contributed by atoms with Gasteiger partial charge in [0, 0.05) is 7.05 Å². The third-order valence-corrected chi connectivity index (χ3v) is 4.96. The molecule has 0 aliphatic carbocycles. The van der Waals surface area contributed by atoms with Gasteiger partial charge in [0.25, 0.3) is 0 Å².